The van der Waals surface area contributed by atoms with Crippen LogP contribution in [0.15, 0.2) is 61.3 Å². The molecule has 0 saturated heterocycles. The van der Waals surface area contributed by atoms with Gasteiger partial charge >= 0.3 is 0 Å². The minimum atomic E-state index is -0.910. The number of halogens is 3. The van der Waals surface area contributed by atoms with Gasteiger partial charge in [-0.3, -0.25) is 19.3 Å². The number of carbonyl (C=O) groups is 2. The zero-order valence-electron chi connectivity index (χ0n) is 15.8. The first-order valence-electron chi connectivity index (χ1n) is 9.01. The first-order valence-corrected chi connectivity index (χ1v) is 9.77. The van der Waals surface area contributed by atoms with Crippen molar-refractivity contribution in [3.05, 3.63) is 99.6 Å². The van der Waals surface area contributed by atoms with E-state index < -0.39 is 17.5 Å². The van der Waals surface area contributed by atoms with E-state index in [1.165, 1.54) is 30.6 Å². The summed E-state index contributed by atoms with van der Waals surface area (Å²) in [5.41, 5.74) is 1.27. The summed E-state index contributed by atoms with van der Waals surface area (Å²) >= 11 is 11.7. The van der Waals surface area contributed by atoms with Crippen molar-refractivity contribution in [3.8, 4) is 0 Å². The molecule has 2 N–H and O–H groups in total. The first-order chi connectivity index (χ1) is 14.9. The SMILES string of the molecule is O=C(Nc1cnn(Cc2cccnc2)c1)c1cc(C(=O)c2c(Cl)ccc(Cl)c2F)c[nH]1. The number of hydrogen-bond acceptors (Lipinski definition) is 4. The Morgan fingerprint density at radius 3 is 2.74 bits per heavy atom. The number of carbonyl (C=O) groups excluding carboxylic acids is 2. The van der Waals surface area contributed by atoms with Crippen LogP contribution >= 0.6 is 23.2 Å². The van der Waals surface area contributed by atoms with Crippen LogP contribution < -0.4 is 5.32 Å². The average molecular weight is 458 g/mol. The molecular formula is C21H14Cl2FN5O2. The third-order valence-corrected chi connectivity index (χ3v) is 5.03. The van der Waals surface area contributed by atoms with Gasteiger partial charge in [0.05, 0.1) is 34.0 Å². The molecule has 0 aliphatic rings. The molecule has 0 unspecified atom stereocenters. The molecular weight excluding hydrogens is 444 g/mol. The summed E-state index contributed by atoms with van der Waals surface area (Å²) in [7, 11) is 0. The highest BCUT2D eigenvalue weighted by Gasteiger charge is 2.22. The highest BCUT2D eigenvalue weighted by atomic mass is 35.5. The quantitative estimate of drug-likeness (QED) is 0.327. The van der Waals surface area contributed by atoms with E-state index in [-0.39, 0.29) is 26.9 Å². The predicted octanol–water partition coefficient (Wildman–Crippen LogP) is 4.58. The molecule has 1 amide bonds. The Kier molecular flexibility index (Phi) is 5.83. The van der Waals surface area contributed by atoms with Crippen molar-refractivity contribution < 1.29 is 14.0 Å². The van der Waals surface area contributed by atoms with Crippen molar-refractivity contribution in [2.75, 3.05) is 5.32 Å². The molecule has 0 aliphatic heterocycles. The lowest BCUT2D eigenvalue weighted by molar-refractivity contribution is 0.102. The number of rotatable bonds is 6. The van der Waals surface area contributed by atoms with Crippen LogP contribution in [0.2, 0.25) is 10.0 Å². The minimum absolute atomic E-state index is 0.0693. The largest absolute Gasteiger partial charge is 0.356 e. The van der Waals surface area contributed by atoms with Crippen LogP contribution in [-0.2, 0) is 6.54 Å². The molecule has 10 heteroatoms. The second-order valence-corrected chi connectivity index (χ2v) is 7.41. The second kappa shape index (κ2) is 8.71. The zero-order valence-corrected chi connectivity index (χ0v) is 17.3. The summed E-state index contributed by atoms with van der Waals surface area (Å²) in [4.78, 5) is 31.9. The predicted molar refractivity (Wildman–Crippen MR) is 114 cm³/mol. The number of anilines is 1. The Morgan fingerprint density at radius 2 is 1.97 bits per heavy atom. The number of pyridine rings is 1. The van der Waals surface area contributed by atoms with Crippen LogP contribution in [0.1, 0.15) is 32.0 Å². The highest BCUT2D eigenvalue weighted by Crippen LogP contribution is 2.28. The maximum Gasteiger partial charge on any atom is 0.272 e. The Labute approximate surface area is 185 Å². The molecule has 0 spiro atoms. The van der Waals surface area contributed by atoms with Gasteiger partial charge in [0.1, 0.15) is 5.69 Å². The third-order valence-electron chi connectivity index (χ3n) is 4.42. The lowest BCUT2D eigenvalue weighted by Crippen LogP contribution is -2.12. The maximum atomic E-state index is 14.3. The van der Waals surface area contributed by atoms with Gasteiger partial charge in [-0.05, 0) is 29.8 Å². The molecule has 0 radical (unpaired) electrons. The standard InChI is InChI=1S/C21H14Cl2FN5O2/c22-15-3-4-16(23)19(24)18(15)20(30)13-6-17(26-8-13)21(31)28-14-9-27-29(11-14)10-12-2-1-5-25-7-12/h1-9,11,26H,10H2,(H,28,31). The molecule has 31 heavy (non-hydrogen) atoms. The van der Waals surface area contributed by atoms with E-state index in [9.17, 15) is 14.0 Å². The topological polar surface area (TPSA) is 92.7 Å². The molecule has 1 aromatic carbocycles. The first kappa shape index (κ1) is 20.8. The van der Waals surface area contributed by atoms with E-state index in [0.29, 0.717) is 12.2 Å². The Balaban J connectivity index is 1.47. The van der Waals surface area contributed by atoms with Gasteiger partial charge in [-0.15, -0.1) is 0 Å². The van der Waals surface area contributed by atoms with Crippen LogP contribution in [0, 0.1) is 5.82 Å². The van der Waals surface area contributed by atoms with E-state index in [2.05, 4.69) is 20.4 Å². The number of amides is 1. The molecule has 0 fully saturated rings. The van der Waals surface area contributed by atoms with Gasteiger partial charge in [-0.25, -0.2) is 4.39 Å². The van der Waals surface area contributed by atoms with Gasteiger partial charge in [0, 0.05) is 30.4 Å². The number of aromatic amines is 1. The van der Waals surface area contributed by atoms with Gasteiger partial charge in [-0.1, -0.05) is 29.3 Å². The molecule has 0 bridgehead atoms. The van der Waals surface area contributed by atoms with Crippen LogP contribution in [0.5, 0.6) is 0 Å². The van der Waals surface area contributed by atoms with Crippen LogP contribution in [0.4, 0.5) is 10.1 Å². The number of ketones is 1. The fraction of sp³-hybridized carbons (Fsp3) is 0.0476. The molecule has 0 aliphatic carbocycles. The number of aromatic nitrogens is 4. The summed E-state index contributed by atoms with van der Waals surface area (Å²) in [5.74, 6) is -2.09. The van der Waals surface area contributed by atoms with Crippen molar-refractivity contribution in [1.82, 2.24) is 19.7 Å². The number of nitrogens with zero attached hydrogens (tertiary/aromatic N) is 3. The molecule has 156 valence electrons. The lowest BCUT2D eigenvalue weighted by atomic mass is 10.0. The van der Waals surface area contributed by atoms with E-state index in [1.54, 1.807) is 23.3 Å². The normalized spacial score (nSPS) is 10.8. The van der Waals surface area contributed by atoms with Gasteiger partial charge < -0.3 is 10.3 Å². The van der Waals surface area contributed by atoms with E-state index in [1.807, 2.05) is 12.1 Å². The summed E-state index contributed by atoms with van der Waals surface area (Å²) in [6.07, 6.45) is 7.89. The number of H-pyrrole nitrogens is 1. The van der Waals surface area contributed by atoms with Crippen molar-refractivity contribution in [3.63, 3.8) is 0 Å². The molecule has 7 nitrogen and oxygen atoms in total. The van der Waals surface area contributed by atoms with Crippen molar-refractivity contribution in [1.29, 1.82) is 0 Å². The fourth-order valence-electron chi connectivity index (χ4n) is 2.93. The Morgan fingerprint density at radius 1 is 1.16 bits per heavy atom. The Bertz CT molecular complexity index is 1270. The molecule has 3 aromatic heterocycles. The monoisotopic (exact) mass is 457 g/mol. The molecule has 4 rings (SSSR count). The van der Waals surface area contributed by atoms with E-state index >= 15 is 0 Å². The van der Waals surface area contributed by atoms with Gasteiger partial charge in [-0.2, -0.15) is 5.10 Å². The summed E-state index contributed by atoms with van der Waals surface area (Å²) < 4.78 is 15.9. The molecule has 0 atom stereocenters. The molecule has 4 aromatic rings. The van der Waals surface area contributed by atoms with Gasteiger partial charge in [0.2, 0.25) is 0 Å². The number of benzene rings is 1. The molecule has 0 saturated carbocycles. The highest BCUT2D eigenvalue weighted by molar-refractivity contribution is 6.37. The minimum Gasteiger partial charge on any atom is -0.356 e. The summed E-state index contributed by atoms with van der Waals surface area (Å²) in [5, 5.41) is 6.60. The average Bonchev–Trinajstić information content (AvgIpc) is 3.42. The van der Waals surface area contributed by atoms with Crippen LogP contribution in [0.25, 0.3) is 0 Å². The van der Waals surface area contributed by atoms with Crippen molar-refractivity contribution in [2.45, 2.75) is 6.54 Å². The van der Waals surface area contributed by atoms with Gasteiger partial charge in [0.15, 0.2) is 11.6 Å². The summed E-state index contributed by atoms with van der Waals surface area (Å²) in [6.45, 7) is 0.497. The van der Waals surface area contributed by atoms with Crippen LogP contribution in [-0.4, -0.2) is 31.4 Å². The zero-order chi connectivity index (χ0) is 22.0. The van der Waals surface area contributed by atoms with E-state index in [0.717, 1.165) is 5.56 Å². The number of hydrogen-bond donors (Lipinski definition) is 2. The van der Waals surface area contributed by atoms with Crippen molar-refractivity contribution in [2.24, 2.45) is 0 Å². The van der Waals surface area contributed by atoms with E-state index in [4.69, 9.17) is 23.2 Å². The third kappa shape index (κ3) is 4.50. The van der Waals surface area contributed by atoms with Crippen molar-refractivity contribution >= 4 is 40.6 Å². The fourth-order valence-corrected chi connectivity index (χ4v) is 3.32. The number of nitrogens with one attached hydrogen (secondary N) is 2. The second-order valence-electron chi connectivity index (χ2n) is 6.59. The molecule has 3 heterocycles. The summed E-state index contributed by atoms with van der Waals surface area (Å²) in [6, 6.07) is 7.66. The Hall–Kier alpha value is -3.49. The smallest absolute Gasteiger partial charge is 0.272 e. The maximum absolute atomic E-state index is 14.3. The van der Waals surface area contributed by atoms with Crippen LogP contribution in [0.3, 0.4) is 0 Å². The van der Waals surface area contributed by atoms with Gasteiger partial charge in [0.25, 0.3) is 5.91 Å². The lowest BCUT2D eigenvalue weighted by Gasteiger charge is -2.05.